The summed E-state index contributed by atoms with van der Waals surface area (Å²) in [5.74, 6) is 0.479. The summed E-state index contributed by atoms with van der Waals surface area (Å²) >= 11 is 0. The highest BCUT2D eigenvalue weighted by Crippen LogP contribution is 2.08. The van der Waals surface area contributed by atoms with Crippen LogP contribution in [0.1, 0.15) is 0 Å². The molecule has 0 amide bonds. The van der Waals surface area contributed by atoms with Gasteiger partial charge in [0.25, 0.3) is 5.95 Å². The Morgan fingerprint density at radius 3 is 2.47 bits per heavy atom. The van der Waals surface area contributed by atoms with E-state index >= 15 is 0 Å². The third kappa shape index (κ3) is 6.09. The average Bonchev–Trinajstić information content (AvgIpc) is 2.75. The summed E-state index contributed by atoms with van der Waals surface area (Å²) in [6, 6.07) is 3.48. The molecule has 0 unspecified atom stereocenters. The Hall–Kier alpha value is -1.07. The smallest absolute Gasteiger partial charge is 0.284 e. The van der Waals surface area contributed by atoms with Crippen LogP contribution in [0.2, 0.25) is 0 Å². The number of furan rings is 1. The number of ether oxygens (including phenoxy) is 3. The summed E-state index contributed by atoms with van der Waals surface area (Å²) in [6.07, 6.45) is 1.54. The van der Waals surface area contributed by atoms with Crippen molar-refractivity contribution in [3.63, 3.8) is 0 Å². The lowest BCUT2D eigenvalue weighted by Crippen LogP contribution is -2.11. The minimum Gasteiger partial charge on any atom is -0.463 e. The van der Waals surface area contributed by atoms with E-state index in [0.717, 1.165) is 0 Å². The van der Waals surface area contributed by atoms with E-state index in [-0.39, 0.29) is 6.61 Å². The molecule has 0 spiro atoms. The van der Waals surface area contributed by atoms with Crippen LogP contribution in [0.4, 0.5) is 4.39 Å². The van der Waals surface area contributed by atoms with Crippen LogP contribution in [0, 0.1) is 0 Å². The van der Waals surface area contributed by atoms with Crippen molar-refractivity contribution in [2.45, 2.75) is 0 Å². The van der Waals surface area contributed by atoms with Gasteiger partial charge in [-0.05, 0) is 6.07 Å². The van der Waals surface area contributed by atoms with E-state index in [4.69, 9.17) is 18.6 Å². The second-order valence-electron chi connectivity index (χ2n) is 2.69. The van der Waals surface area contributed by atoms with Gasteiger partial charge in [-0.2, -0.15) is 0 Å². The molecular formula is C10H15FO4. The maximum Gasteiger partial charge on any atom is 0.284 e. The molecule has 0 aromatic carbocycles. The van der Waals surface area contributed by atoms with Crippen molar-refractivity contribution >= 4 is 0 Å². The minimum absolute atomic E-state index is 0.131. The van der Waals surface area contributed by atoms with Crippen molar-refractivity contribution in [2.75, 3.05) is 39.7 Å². The number of rotatable bonds is 9. The molecule has 1 aromatic heterocycles. The molecule has 1 rings (SSSR count). The molecule has 0 atom stereocenters. The Kier molecular flexibility index (Phi) is 6.61. The molecule has 0 radical (unpaired) electrons. The summed E-state index contributed by atoms with van der Waals surface area (Å²) in [6.45, 7) is 1.41. The Balaban J connectivity index is 1.81. The fourth-order valence-corrected chi connectivity index (χ4v) is 0.923. The maximum absolute atomic E-state index is 11.6. The topological polar surface area (TPSA) is 40.8 Å². The van der Waals surface area contributed by atoms with Crippen molar-refractivity contribution in [3.05, 3.63) is 18.4 Å². The van der Waals surface area contributed by atoms with Crippen molar-refractivity contribution in [1.29, 1.82) is 0 Å². The zero-order valence-corrected chi connectivity index (χ0v) is 8.49. The largest absolute Gasteiger partial charge is 0.463 e. The predicted molar refractivity (Wildman–Crippen MR) is 51.8 cm³/mol. The van der Waals surface area contributed by atoms with Gasteiger partial charge in [0.15, 0.2) is 0 Å². The standard InChI is InChI=1S/C10H15FO4/c11-3-5-12-6-7-13-8-9-15-10-2-1-4-14-10/h1-2,4H,3,5-9H2. The third-order valence-electron chi connectivity index (χ3n) is 1.56. The highest BCUT2D eigenvalue weighted by atomic mass is 19.1. The second kappa shape index (κ2) is 8.26. The quantitative estimate of drug-likeness (QED) is 0.591. The van der Waals surface area contributed by atoms with Crippen LogP contribution >= 0.6 is 0 Å². The van der Waals surface area contributed by atoms with Crippen LogP contribution in [-0.2, 0) is 9.47 Å². The van der Waals surface area contributed by atoms with Gasteiger partial charge in [-0.1, -0.05) is 0 Å². The van der Waals surface area contributed by atoms with Crippen LogP contribution in [0.5, 0.6) is 5.95 Å². The summed E-state index contributed by atoms with van der Waals surface area (Å²) < 4.78 is 31.8. The Bertz CT molecular complexity index is 225. The van der Waals surface area contributed by atoms with Crippen LogP contribution in [0.15, 0.2) is 22.8 Å². The van der Waals surface area contributed by atoms with Crippen LogP contribution in [-0.4, -0.2) is 39.7 Å². The van der Waals surface area contributed by atoms with Crippen LogP contribution < -0.4 is 4.74 Å². The molecule has 0 saturated heterocycles. The van der Waals surface area contributed by atoms with Gasteiger partial charge in [0.1, 0.15) is 13.3 Å². The first kappa shape index (κ1) is 12.0. The van der Waals surface area contributed by atoms with Crippen molar-refractivity contribution in [3.8, 4) is 5.95 Å². The third-order valence-corrected chi connectivity index (χ3v) is 1.56. The SMILES string of the molecule is FCCOCCOCCOc1ccco1. The average molecular weight is 218 g/mol. The van der Waals surface area contributed by atoms with E-state index in [0.29, 0.717) is 32.4 Å². The number of alkyl halides is 1. The van der Waals surface area contributed by atoms with E-state index in [1.165, 1.54) is 0 Å². The van der Waals surface area contributed by atoms with Crippen molar-refractivity contribution in [1.82, 2.24) is 0 Å². The monoisotopic (exact) mass is 218 g/mol. The molecule has 0 saturated carbocycles. The predicted octanol–water partition coefficient (Wildman–Crippen LogP) is 1.66. The zero-order chi connectivity index (χ0) is 10.8. The first-order valence-electron chi connectivity index (χ1n) is 4.81. The molecule has 4 nitrogen and oxygen atoms in total. The highest BCUT2D eigenvalue weighted by Gasteiger charge is 1.95. The molecule has 15 heavy (non-hydrogen) atoms. The van der Waals surface area contributed by atoms with Gasteiger partial charge in [-0.25, -0.2) is 4.39 Å². The van der Waals surface area contributed by atoms with Crippen molar-refractivity contribution < 1.29 is 23.0 Å². The Morgan fingerprint density at radius 2 is 1.80 bits per heavy atom. The summed E-state index contributed by atoms with van der Waals surface area (Å²) in [5, 5.41) is 0. The molecule has 0 bridgehead atoms. The number of hydrogen-bond acceptors (Lipinski definition) is 4. The molecule has 0 N–H and O–H groups in total. The second-order valence-corrected chi connectivity index (χ2v) is 2.69. The zero-order valence-electron chi connectivity index (χ0n) is 8.49. The number of hydrogen-bond donors (Lipinski definition) is 0. The molecule has 0 fully saturated rings. The van der Waals surface area contributed by atoms with Crippen LogP contribution in [0.3, 0.4) is 0 Å². The molecule has 5 heteroatoms. The highest BCUT2D eigenvalue weighted by molar-refractivity contribution is 5.03. The molecule has 0 aliphatic heterocycles. The van der Waals surface area contributed by atoms with Gasteiger partial charge < -0.3 is 18.6 Å². The summed E-state index contributed by atoms with van der Waals surface area (Å²) in [5.41, 5.74) is 0. The molecule has 86 valence electrons. The van der Waals surface area contributed by atoms with Crippen molar-refractivity contribution in [2.24, 2.45) is 0 Å². The Morgan fingerprint density at radius 1 is 1.07 bits per heavy atom. The van der Waals surface area contributed by atoms with Gasteiger partial charge in [0, 0.05) is 6.07 Å². The summed E-state index contributed by atoms with van der Waals surface area (Å²) in [4.78, 5) is 0. The van der Waals surface area contributed by atoms with E-state index in [9.17, 15) is 4.39 Å². The first-order chi connectivity index (χ1) is 7.43. The lowest BCUT2D eigenvalue weighted by molar-refractivity contribution is 0.0299. The van der Waals surface area contributed by atoms with E-state index in [1.54, 1.807) is 18.4 Å². The van der Waals surface area contributed by atoms with Gasteiger partial charge >= 0.3 is 0 Å². The molecular weight excluding hydrogens is 203 g/mol. The maximum atomic E-state index is 11.6. The fourth-order valence-electron chi connectivity index (χ4n) is 0.923. The number of halogens is 1. The molecule has 1 aromatic rings. The molecule has 1 heterocycles. The fraction of sp³-hybridized carbons (Fsp3) is 0.600. The van der Waals surface area contributed by atoms with E-state index in [2.05, 4.69) is 0 Å². The lowest BCUT2D eigenvalue weighted by Gasteiger charge is -2.04. The van der Waals surface area contributed by atoms with E-state index < -0.39 is 6.67 Å². The van der Waals surface area contributed by atoms with Gasteiger partial charge in [0.05, 0.1) is 32.7 Å². The van der Waals surface area contributed by atoms with Gasteiger partial charge in [-0.15, -0.1) is 0 Å². The lowest BCUT2D eigenvalue weighted by atomic mass is 10.6. The van der Waals surface area contributed by atoms with Gasteiger partial charge in [-0.3, -0.25) is 0 Å². The molecule has 0 aliphatic rings. The minimum atomic E-state index is -0.457. The normalized spacial score (nSPS) is 10.5. The Labute approximate surface area is 87.9 Å². The van der Waals surface area contributed by atoms with E-state index in [1.807, 2.05) is 0 Å². The molecule has 0 aliphatic carbocycles. The van der Waals surface area contributed by atoms with Gasteiger partial charge in [0.2, 0.25) is 0 Å². The van der Waals surface area contributed by atoms with Crippen LogP contribution in [0.25, 0.3) is 0 Å². The summed E-state index contributed by atoms with van der Waals surface area (Å²) in [7, 11) is 0. The first-order valence-corrected chi connectivity index (χ1v) is 4.81.